The summed E-state index contributed by atoms with van der Waals surface area (Å²) in [7, 11) is 5.15. The first-order valence-electron chi connectivity index (χ1n) is 8.52. The van der Waals surface area contributed by atoms with Gasteiger partial charge in [-0.25, -0.2) is 9.97 Å². The van der Waals surface area contributed by atoms with E-state index in [-0.39, 0.29) is 0 Å². The SMILES string of the molecule is CNc1c(Cl)ncnc1NC1CCN(Cc2cc(OC)cc(OC)c2)C1. The Hall–Kier alpha value is -2.25. The van der Waals surface area contributed by atoms with Crippen molar-refractivity contribution in [2.75, 3.05) is 45.0 Å². The van der Waals surface area contributed by atoms with Crippen molar-refractivity contribution in [2.45, 2.75) is 19.0 Å². The minimum atomic E-state index is 0.306. The van der Waals surface area contributed by atoms with Crippen LogP contribution in [0.3, 0.4) is 0 Å². The summed E-state index contributed by atoms with van der Waals surface area (Å²) in [6.45, 7) is 2.77. The maximum Gasteiger partial charge on any atom is 0.157 e. The number of hydrogen-bond donors (Lipinski definition) is 2. The van der Waals surface area contributed by atoms with E-state index >= 15 is 0 Å². The molecular weight excluding hydrogens is 354 g/mol. The van der Waals surface area contributed by atoms with Crippen LogP contribution in [-0.4, -0.2) is 55.3 Å². The molecule has 1 unspecified atom stereocenters. The number of halogens is 1. The second kappa shape index (κ2) is 8.42. The van der Waals surface area contributed by atoms with Crippen molar-refractivity contribution in [1.29, 1.82) is 0 Å². The summed E-state index contributed by atoms with van der Waals surface area (Å²) >= 11 is 6.12. The second-order valence-corrected chi connectivity index (χ2v) is 6.58. The van der Waals surface area contributed by atoms with Crippen LogP contribution in [0, 0.1) is 0 Å². The van der Waals surface area contributed by atoms with Crippen LogP contribution in [0.2, 0.25) is 5.15 Å². The third-order valence-corrected chi connectivity index (χ3v) is 4.77. The van der Waals surface area contributed by atoms with E-state index in [0.717, 1.165) is 49.1 Å². The standard InChI is InChI=1S/C18H24ClN5O2/c1-20-16-17(19)21-11-22-18(16)23-13-4-5-24(10-13)9-12-6-14(25-2)8-15(7-12)26-3/h6-8,11,13,20H,4-5,9-10H2,1-3H3,(H,21,22,23). The molecule has 0 aliphatic carbocycles. The lowest BCUT2D eigenvalue weighted by Crippen LogP contribution is -2.26. The molecule has 1 fully saturated rings. The average molecular weight is 378 g/mol. The first-order valence-corrected chi connectivity index (χ1v) is 8.89. The van der Waals surface area contributed by atoms with Crippen LogP contribution in [0.25, 0.3) is 0 Å². The van der Waals surface area contributed by atoms with E-state index < -0.39 is 0 Å². The van der Waals surface area contributed by atoms with Crippen LogP contribution >= 0.6 is 11.6 Å². The number of likely N-dealkylation sites (tertiary alicyclic amines) is 1. The van der Waals surface area contributed by atoms with Gasteiger partial charge in [-0.15, -0.1) is 0 Å². The van der Waals surface area contributed by atoms with E-state index in [1.54, 1.807) is 14.2 Å². The molecule has 1 atom stereocenters. The largest absolute Gasteiger partial charge is 0.497 e. The number of hydrogen-bond acceptors (Lipinski definition) is 7. The molecule has 0 spiro atoms. The summed E-state index contributed by atoms with van der Waals surface area (Å²) in [6, 6.07) is 6.29. The number of methoxy groups -OCH3 is 2. The normalized spacial score (nSPS) is 17.2. The fraction of sp³-hybridized carbons (Fsp3) is 0.444. The smallest absolute Gasteiger partial charge is 0.157 e. The van der Waals surface area contributed by atoms with Crippen molar-refractivity contribution in [3.8, 4) is 11.5 Å². The van der Waals surface area contributed by atoms with Gasteiger partial charge < -0.3 is 20.1 Å². The molecular formula is C18H24ClN5O2. The highest BCUT2D eigenvalue weighted by Gasteiger charge is 2.24. The van der Waals surface area contributed by atoms with Crippen LogP contribution in [0.1, 0.15) is 12.0 Å². The third-order valence-electron chi connectivity index (χ3n) is 4.48. The predicted molar refractivity (Wildman–Crippen MR) is 103 cm³/mol. The number of rotatable bonds is 7. The Morgan fingerprint density at radius 3 is 2.58 bits per heavy atom. The highest BCUT2D eigenvalue weighted by Crippen LogP contribution is 2.28. The van der Waals surface area contributed by atoms with Crippen LogP contribution in [0.5, 0.6) is 11.5 Å². The zero-order valence-electron chi connectivity index (χ0n) is 15.3. The van der Waals surface area contributed by atoms with Gasteiger partial charge in [0, 0.05) is 38.8 Å². The molecule has 0 bridgehead atoms. The molecule has 1 aromatic heterocycles. The lowest BCUT2D eigenvalue weighted by Gasteiger charge is -2.19. The lowest BCUT2D eigenvalue weighted by atomic mass is 10.2. The number of benzene rings is 1. The molecule has 0 radical (unpaired) electrons. The summed E-state index contributed by atoms with van der Waals surface area (Å²) < 4.78 is 10.7. The molecule has 2 heterocycles. The first kappa shape index (κ1) is 18.5. The van der Waals surface area contributed by atoms with Crippen molar-refractivity contribution in [3.05, 3.63) is 35.2 Å². The Labute approximate surface area is 158 Å². The van der Waals surface area contributed by atoms with Gasteiger partial charge in [0.15, 0.2) is 11.0 Å². The van der Waals surface area contributed by atoms with Crippen LogP contribution in [0.4, 0.5) is 11.5 Å². The molecule has 1 aliphatic heterocycles. The molecule has 140 valence electrons. The monoisotopic (exact) mass is 377 g/mol. The van der Waals surface area contributed by atoms with Gasteiger partial charge in [0.2, 0.25) is 0 Å². The van der Waals surface area contributed by atoms with E-state index in [1.165, 1.54) is 11.9 Å². The van der Waals surface area contributed by atoms with E-state index in [2.05, 4.69) is 25.5 Å². The number of ether oxygens (including phenoxy) is 2. The van der Waals surface area contributed by atoms with Gasteiger partial charge in [0.05, 0.1) is 14.2 Å². The van der Waals surface area contributed by atoms with Gasteiger partial charge in [0.1, 0.15) is 23.5 Å². The number of nitrogens with zero attached hydrogens (tertiary/aromatic N) is 3. The van der Waals surface area contributed by atoms with Crippen LogP contribution in [-0.2, 0) is 6.54 Å². The van der Waals surface area contributed by atoms with E-state index in [0.29, 0.717) is 11.2 Å². The molecule has 1 aromatic carbocycles. The van der Waals surface area contributed by atoms with Crippen LogP contribution < -0.4 is 20.1 Å². The second-order valence-electron chi connectivity index (χ2n) is 6.22. The summed E-state index contributed by atoms with van der Waals surface area (Å²) in [5, 5.41) is 6.95. The Kier molecular flexibility index (Phi) is 6.00. The van der Waals surface area contributed by atoms with E-state index in [4.69, 9.17) is 21.1 Å². The maximum absolute atomic E-state index is 6.12. The molecule has 0 saturated carbocycles. The zero-order chi connectivity index (χ0) is 18.5. The topological polar surface area (TPSA) is 71.5 Å². The molecule has 2 N–H and O–H groups in total. The Morgan fingerprint density at radius 2 is 1.92 bits per heavy atom. The van der Waals surface area contributed by atoms with E-state index in [9.17, 15) is 0 Å². The molecule has 1 saturated heterocycles. The molecule has 2 aromatic rings. The average Bonchev–Trinajstić information content (AvgIpc) is 3.08. The predicted octanol–water partition coefficient (Wildman–Crippen LogP) is 2.88. The van der Waals surface area contributed by atoms with Crippen molar-refractivity contribution in [3.63, 3.8) is 0 Å². The summed E-state index contributed by atoms with van der Waals surface area (Å²) in [5.41, 5.74) is 1.90. The Balaban J connectivity index is 1.64. The van der Waals surface area contributed by atoms with Gasteiger partial charge in [-0.05, 0) is 24.1 Å². The first-order chi connectivity index (χ1) is 12.6. The third kappa shape index (κ3) is 4.28. The molecule has 1 aliphatic rings. The highest BCUT2D eigenvalue weighted by atomic mass is 35.5. The molecule has 3 rings (SSSR count). The van der Waals surface area contributed by atoms with Gasteiger partial charge in [-0.1, -0.05) is 11.6 Å². The molecule has 7 nitrogen and oxygen atoms in total. The van der Waals surface area contributed by atoms with Crippen molar-refractivity contribution < 1.29 is 9.47 Å². The van der Waals surface area contributed by atoms with Gasteiger partial charge in [-0.3, -0.25) is 4.90 Å². The number of nitrogens with one attached hydrogen (secondary N) is 2. The summed E-state index contributed by atoms with van der Waals surface area (Å²) in [5.74, 6) is 2.35. The molecule has 0 amide bonds. The minimum absolute atomic E-state index is 0.306. The van der Waals surface area contributed by atoms with Gasteiger partial charge in [-0.2, -0.15) is 0 Å². The lowest BCUT2D eigenvalue weighted by molar-refractivity contribution is 0.326. The fourth-order valence-electron chi connectivity index (χ4n) is 3.20. The molecule has 8 heteroatoms. The van der Waals surface area contributed by atoms with Crippen molar-refractivity contribution >= 4 is 23.1 Å². The number of aromatic nitrogens is 2. The fourth-order valence-corrected chi connectivity index (χ4v) is 3.43. The summed E-state index contributed by atoms with van der Waals surface area (Å²) in [4.78, 5) is 10.7. The summed E-state index contributed by atoms with van der Waals surface area (Å²) in [6.07, 6.45) is 2.51. The van der Waals surface area contributed by atoms with Crippen molar-refractivity contribution in [1.82, 2.24) is 14.9 Å². The van der Waals surface area contributed by atoms with E-state index in [1.807, 2.05) is 25.2 Å². The molecule has 26 heavy (non-hydrogen) atoms. The van der Waals surface area contributed by atoms with Gasteiger partial charge in [0.25, 0.3) is 0 Å². The Bertz CT molecular complexity index is 736. The maximum atomic E-state index is 6.12. The highest BCUT2D eigenvalue weighted by molar-refractivity contribution is 6.32. The zero-order valence-corrected chi connectivity index (χ0v) is 16.0. The Morgan fingerprint density at radius 1 is 1.19 bits per heavy atom. The van der Waals surface area contributed by atoms with Crippen LogP contribution in [0.15, 0.2) is 24.5 Å². The quantitative estimate of drug-likeness (QED) is 0.719. The number of anilines is 2. The van der Waals surface area contributed by atoms with Crippen molar-refractivity contribution in [2.24, 2.45) is 0 Å². The minimum Gasteiger partial charge on any atom is -0.497 e. The van der Waals surface area contributed by atoms with Gasteiger partial charge >= 0.3 is 0 Å².